The largest absolute Gasteiger partial charge is 0.391 e. The van der Waals surface area contributed by atoms with Crippen molar-refractivity contribution in [3.8, 4) is 0 Å². The first-order valence-electron chi connectivity index (χ1n) is 6.93. The SMILES string of the molecule is OCC1(O)O[C@H](CO[C@@H]2OC[C@@H](O)[C@H](O)[C@H]2O)C[C@@H](O)[C@@H]1O. The van der Waals surface area contributed by atoms with E-state index in [1.807, 2.05) is 0 Å². The first-order valence-corrected chi connectivity index (χ1v) is 6.93. The van der Waals surface area contributed by atoms with E-state index in [0.717, 1.165) is 0 Å². The van der Waals surface area contributed by atoms with Crippen molar-refractivity contribution in [1.82, 2.24) is 0 Å². The molecule has 2 saturated heterocycles. The summed E-state index contributed by atoms with van der Waals surface area (Å²) >= 11 is 0. The first-order chi connectivity index (χ1) is 10.3. The summed E-state index contributed by atoms with van der Waals surface area (Å²) in [6, 6.07) is 0. The lowest BCUT2D eigenvalue weighted by Crippen LogP contribution is -2.61. The van der Waals surface area contributed by atoms with E-state index in [1.165, 1.54) is 0 Å². The van der Waals surface area contributed by atoms with Crippen LogP contribution in [0.2, 0.25) is 0 Å². The topological polar surface area (TPSA) is 169 Å². The molecule has 0 radical (unpaired) electrons. The van der Waals surface area contributed by atoms with Gasteiger partial charge < -0.3 is 50.0 Å². The second-order valence-electron chi connectivity index (χ2n) is 5.57. The van der Waals surface area contributed by atoms with Crippen LogP contribution in [0.4, 0.5) is 0 Å². The van der Waals surface area contributed by atoms with Crippen LogP contribution in [0.1, 0.15) is 6.42 Å². The van der Waals surface area contributed by atoms with Gasteiger partial charge in [-0.05, 0) is 0 Å². The van der Waals surface area contributed by atoms with Crippen LogP contribution in [0.5, 0.6) is 0 Å². The molecule has 0 aliphatic carbocycles. The Bertz CT molecular complexity index is 368. The molecule has 2 heterocycles. The molecule has 0 aromatic carbocycles. The van der Waals surface area contributed by atoms with E-state index in [-0.39, 0.29) is 19.6 Å². The third-order valence-electron chi connectivity index (χ3n) is 3.83. The van der Waals surface area contributed by atoms with E-state index >= 15 is 0 Å². The normalized spacial score (nSPS) is 50.0. The summed E-state index contributed by atoms with van der Waals surface area (Å²) in [5.74, 6) is -2.31. The molecule has 0 bridgehead atoms. The lowest BCUT2D eigenvalue weighted by molar-refractivity contribution is -0.345. The van der Waals surface area contributed by atoms with Crippen molar-refractivity contribution in [2.24, 2.45) is 0 Å². The fourth-order valence-electron chi connectivity index (χ4n) is 2.47. The van der Waals surface area contributed by atoms with E-state index in [4.69, 9.17) is 19.3 Å². The molecule has 2 fully saturated rings. The summed E-state index contributed by atoms with van der Waals surface area (Å²) in [5, 5.41) is 66.7. The molecule has 2 aliphatic heterocycles. The Hall–Kier alpha value is -0.400. The Labute approximate surface area is 126 Å². The molecule has 0 aromatic rings. The molecular formula is C12H22O10. The lowest BCUT2D eigenvalue weighted by Gasteiger charge is -2.42. The third kappa shape index (κ3) is 3.57. The van der Waals surface area contributed by atoms with Crippen molar-refractivity contribution in [1.29, 1.82) is 0 Å². The molecular weight excluding hydrogens is 304 g/mol. The van der Waals surface area contributed by atoms with Crippen LogP contribution in [0.25, 0.3) is 0 Å². The fraction of sp³-hybridized carbons (Fsp3) is 1.00. The molecule has 8 atom stereocenters. The number of aliphatic hydroxyl groups excluding tert-OH is 6. The van der Waals surface area contributed by atoms with Gasteiger partial charge in [0.2, 0.25) is 5.79 Å². The van der Waals surface area contributed by atoms with E-state index < -0.39 is 55.3 Å². The monoisotopic (exact) mass is 326 g/mol. The molecule has 1 unspecified atom stereocenters. The fourth-order valence-corrected chi connectivity index (χ4v) is 2.47. The highest BCUT2D eigenvalue weighted by molar-refractivity contribution is 4.90. The molecule has 130 valence electrons. The van der Waals surface area contributed by atoms with Crippen molar-refractivity contribution in [3.63, 3.8) is 0 Å². The highest BCUT2D eigenvalue weighted by atomic mass is 16.7. The Morgan fingerprint density at radius 3 is 2.36 bits per heavy atom. The minimum absolute atomic E-state index is 0.0720. The predicted molar refractivity (Wildman–Crippen MR) is 67.3 cm³/mol. The zero-order valence-corrected chi connectivity index (χ0v) is 11.7. The van der Waals surface area contributed by atoms with Crippen LogP contribution < -0.4 is 0 Å². The zero-order chi connectivity index (χ0) is 16.5. The van der Waals surface area contributed by atoms with Crippen LogP contribution in [-0.2, 0) is 14.2 Å². The second-order valence-corrected chi connectivity index (χ2v) is 5.57. The molecule has 2 aliphatic rings. The summed E-state index contributed by atoms with van der Waals surface area (Å²) in [6.45, 7) is -1.39. The van der Waals surface area contributed by atoms with Crippen LogP contribution in [0.3, 0.4) is 0 Å². The van der Waals surface area contributed by atoms with Gasteiger partial charge in [-0.2, -0.15) is 0 Å². The molecule has 2 rings (SSSR count). The van der Waals surface area contributed by atoms with Gasteiger partial charge in [0.15, 0.2) is 6.29 Å². The van der Waals surface area contributed by atoms with Gasteiger partial charge in [0.1, 0.15) is 24.4 Å². The number of hydrogen-bond donors (Lipinski definition) is 7. The minimum atomic E-state index is -2.31. The predicted octanol–water partition coefficient (Wildman–Crippen LogP) is -4.37. The Kier molecular flexibility index (Phi) is 5.72. The van der Waals surface area contributed by atoms with Gasteiger partial charge in [0, 0.05) is 6.42 Å². The van der Waals surface area contributed by atoms with Gasteiger partial charge in [0.25, 0.3) is 0 Å². The van der Waals surface area contributed by atoms with E-state index in [9.17, 15) is 30.6 Å². The van der Waals surface area contributed by atoms with Crippen molar-refractivity contribution in [2.75, 3.05) is 19.8 Å². The van der Waals surface area contributed by atoms with Crippen LogP contribution >= 0.6 is 0 Å². The Balaban J connectivity index is 1.89. The molecule has 7 N–H and O–H groups in total. The number of aliphatic hydroxyl groups is 7. The van der Waals surface area contributed by atoms with Gasteiger partial charge in [0.05, 0.1) is 32.0 Å². The van der Waals surface area contributed by atoms with E-state index in [0.29, 0.717) is 0 Å². The van der Waals surface area contributed by atoms with Crippen LogP contribution in [0, 0.1) is 0 Å². The summed E-state index contributed by atoms with van der Waals surface area (Å²) in [5.41, 5.74) is 0. The number of ether oxygens (including phenoxy) is 3. The van der Waals surface area contributed by atoms with Crippen molar-refractivity contribution < 1.29 is 50.0 Å². The number of rotatable bonds is 4. The zero-order valence-electron chi connectivity index (χ0n) is 11.7. The maximum Gasteiger partial charge on any atom is 0.218 e. The Morgan fingerprint density at radius 1 is 1.05 bits per heavy atom. The van der Waals surface area contributed by atoms with Gasteiger partial charge in [-0.3, -0.25) is 0 Å². The van der Waals surface area contributed by atoms with Gasteiger partial charge in [-0.1, -0.05) is 0 Å². The minimum Gasteiger partial charge on any atom is -0.391 e. The molecule has 0 saturated carbocycles. The summed E-state index contributed by atoms with van der Waals surface area (Å²) < 4.78 is 15.4. The second kappa shape index (κ2) is 7.01. The van der Waals surface area contributed by atoms with Crippen LogP contribution in [-0.4, -0.2) is 104 Å². The molecule has 0 aromatic heterocycles. The molecule has 10 heteroatoms. The molecule has 0 amide bonds. The smallest absolute Gasteiger partial charge is 0.218 e. The molecule has 22 heavy (non-hydrogen) atoms. The maximum atomic E-state index is 9.86. The standard InChI is InChI=1S/C12H22O10/c13-4-12(19)10(18)6(14)1-5(22-12)2-20-11-9(17)8(16)7(15)3-21-11/h5-11,13-19H,1-4H2/t5-,6+,7+,8-,9+,10-,11+,12?/m0/s1. The van der Waals surface area contributed by atoms with Gasteiger partial charge >= 0.3 is 0 Å². The number of hydrogen-bond acceptors (Lipinski definition) is 10. The van der Waals surface area contributed by atoms with E-state index in [2.05, 4.69) is 0 Å². The lowest BCUT2D eigenvalue weighted by atomic mass is 9.95. The quantitative estimate of drug-likeness (QED) is 0.268. The van der Waals surface area contributed by atoms with Gasteiger partial charge in [-0.15, -0.1) is 0 Å². The Morgan fingerprint density at radius 2 is 1.73 bits per heavy atom. The summed E-state index contributed by atoms with van der Waals surface area (Å²) in [6.07, 6.45) is -9.28. The molecule has 0 spiro atoms. The highest BCUT2D eigenvalue weighted by Crippen LogP contribution is 2.28. The van der Waals surface area contributed by atoms with E-state index in [1.54, 1.807) is 0 Å². The summed E-state index contributed by atoms with van der Waals surface area (Å²) in [7, 11) is 0. The highest BCUT2D eigenvalue weighted by Gasteiger charge is 2.48. The van der Waals surface area contributed by atoms with Crippen molar-refractivity contribution in [2.45, 2.75) is 55.1 Å². The maximum absolute atomic E-state index is 9.86. The van der Waals surface area contributed by atoms with Gasteiger partial charge in [-0.25, -0.2) is 0 Å². The van der Waals surface area contributed by atoms with Crippen molar-refractivity contribution >= 4 is 0 Å². The summed E-state index contributed by atoms with van der Waals surface area (Å²) in [4.78, 5) is 0. The van der Waals surface area contributed by atoms with Crippen LogP contribution in [0.15, 0.2) is 0 Å². The van der Waals surface area contributed by atoms with Crippen molar-refractivity contribution in [3.05, 3.63) is 0 Å². The average molecular weight is 326 g/mol. The molecule has 10 nitrogen and oxygen atoms in total. The average Bonchev–Trinajstić information content (AvgIpc) is 2.49. The third-order valence-corrected chi connectivity index (χ3v) is 3.83. The first kappa shape index (κ1) is 17.9.